The second-order valence-electron chi connectivity index (χ2n) is 5.21. The summed E-state index contributed by atoms with van der Waals surface area (Å²) in [5.41, 5.74) is 7.39. The number of nitrogens with two attached hydrogens (primary N) is 1. The third-order valence-electron chi connectivity index (χ3n) is 3.85. The highest BCUT2D eigenvalue weighted by Gasteiger charge is 2.24. The molecule has 1 atom stereocenters. The molecule has 2 rings (SSSR count). The lowest BCUT2D eigenvalue weighted by Crippen LogP contribution is -2.25. The van der Waals surface area contributed by atoms with Gasteiger partial charge >= 0.3 is 0 Å². The second kappa shape index (κ2) is 7.81. The smallest absolute Gasteiger partial charge is 0.119 e. The van der Waals surface area contributed by atoms with Gasteiger partial charge in [-0.3, -0.25) is 0 Å². The first-order valence-electron chi connectivity index (χ1n) is 7.35. The molecule has 2 nitrogen and oxygen atoms in total. The van der Waals surface area contributed by atoms with Gasteiger partial charge in [-0.15, -0.1) is 0 Å². The number of thioether (sulfide) groups is 1. The van der Waals surface area contributed by atoms with Gasteiger partial charge in [-0.05, 0) is 66.8 Å². The fourth-order valence-electron chi connectivity index (χ4n) is 2.77. The predicted molar refractivity (Wildman–Crippen MR) is 84.1 cm³/mol. The van der Waals surface area contributed by atoms with E-state index in [1.807, 2.05) is 6.07 Å². The van der Waals surface area contributed by atoms with Crippen LogP contribution in [0.25, 0.3) is 0 Å². The fraction of sp³-hybridized carbons (Fsp3) is 0.625. The zero-order valence-electron chi connectivity index (χ0n) is 11.8. The lowest BCUT2D eigenvalue weighted by molar-refractivity contribution is 0.316. The molecule has 0 amide bonds. The Hall–Kier alpha value is -0.670. The molecule has 3 heteroatoms. The second-order valence-corrected chi connectivity index (χ2v) is 6.44. The van der Waals surface area contributed by atoms with Crippen LogP contribution in [0, 0.1) is 5.92 Å². The molecule has 0 radical (unpaired) electrons. The predicted octanol–water partition coefficient (Wildman–Crippen LogP) is 3.66. The average Bonchev–Trinajstić information content (AvgIpc) is 2.47. The van der Waals surface area contributed by atoms with Crippen LogP contribution >= 0.6 is 11.8 Å². The summed E-state index contributed by atoms with van der Waals surface area (Å²) in [4.78, 5) is 0. The van der Waals surface area contributed by atoms with Crippen LogP contribution in [0.2, 0.25) is 0 Å². The quantitative estimate of drug-likeness (QED) is 0.863. The summed E-state index contributed by atoms with van der Waals surface area (Å²) in [5, 5.41) is 0. The van der Waals surface area contributed by atoms with Gasteiger partial charge in [0.15, 0.2) is 0 Å². The van der Waals surface area contributed by atoms with Crippen LogP contribution in [0.15, 0.2) is 24.3 Å². The van der Waals surface area contributed by atoms with E-state index in [2.05, 4.69) is 36.9 Å². The van der Waals surface area contributed by atoms with Crippen molar-refractivity contribution in [2.45, 2.75) is 32.1 Å². The van der Waals surface area contributed by atoms with Crippen LogP contribution in [0.5, 0.6) is 5.75 Å². The standard InChI is InChI=1S/C16H25NOS/c1-2-8-18-15-5-3-4-14(11-15)16(12-17)13-6-9-19-10-7-13/h3-5,11,13,16H,2,6-10,12,17H2,1H3. The van der Waals surface area contributed by atoms with Crippen molar-refractivity contribution in [3.63, 3.8) is 0 Å². The molecule has 1 aromatic rings. The highest BCUT2D eigenvalue weighted by Crippen LogP contribution is 2.35. The first kappa shape index (κ1) is 14.7. The molecule has 1 fully saturated rings. The summed E-state index contributed by atoms with van der Waals surface area (Å²) < 4.78 is 5.73. The Balaban J connectivity index is 2.08. The molecule has 1 unspecified atom stereocenters. The Morgan fingerprint density at radius 2 is 2.16 bits per heavy atom. The number of hydrogen-bond acceptors (Lipinski definition) is 3. The molecule has 0 saturated carbocycles. The van der Waals surface area contributed by atoms with Crippen molar-refractivity contribution in [2.75, 3.05) is 24.7 Å². The highest BCUT2D eigenvalue weighted by molar-refractivity contribution is 7.99. The molecule has 1 aliphatic heterocycles. The van der Waals surface area contributed by atoms with Crippen molar-refractivity contribution in [3.05, 3.63) is 29.8 Å². The zero-order valence-corrected chi connectivity index (χ0v) is 12.6. The maximum absolute atomic E-state index is 6.04. The van der Waals surface area contributed by atoms with Crippen molar-refractivity contribution < 1.29 is 4.74 Å². The molecule has 1 aromatic carbocycles. The van der Waals surface area contributed by atoms with Crippen LogP contribution in [-0.2, 0) is 0 Å². The minimum Gasteiger partial charge on any atom is -0.494 e. The van der Waals surface area contributed by atoms with E-state index >= 15 is 0 Å². The topological polar surface area (TPSA) is 35.2 Å². The van der Waals surface area contributed by atoms with Gasteiger partial charge in [-0.2, -0.15) is 11.8 Å². The third kappa shape index (κ3) is 4.15. The van der Waals surface area contributed by atoms with E-state index in [1.54, 1.807) is 0 Å². The van der Waals surface area contributed by atoms with Crippen LogP contribution in [0.4, 0.5) is 0 Å². The summed E-state index contributed by atoms with van der Waals surface area (Å²) in [5.74, 6) is 4.79. The highest BCUT2D eigenvalue weighted by atomic mass is 32.2. The normalized spacial score (nSPS) is 18.2. The minimum absolute atomic E-state index is 0.492. The summed E-state index contributed by atoms with van der Waals surface area (Å²) >= 11 is 2.07. The van der Waals surface area contributed by atoms with Gasteiger partial charge in [0.2, 0.25) is 0 Å². The number of benzene rings is 1. The van der Waals surface area contributed by atoms with Crippen molar-refractivity contribution in [3.8, 4) is 5.75 Å². The Morgan fingerprint density at radius 3 is 2.84 bits per heavy atom. The summed E-state index contributed by atoms with van der Waals surface area (Å²) in [6.45, 7) is 3.66. The lowest BCUT2D eigenvalue weighted by atomic mass is 9.82. The Bertz CT molecular complexity index is 377. The maximum Gasteiger partial charge on any atom is 0.119 e. The molecule has 1 heterocycles. The van der Waals surface area contributed by atoms with E-state index in [9.17, 15) is 0 Å². The van der Waals surface area contributed by atoms with E-state index < -0.39 is 0 Å². The molecule has 0 aliphatic carbocycles. The van der Waals surface area contributed by atoms with E-state index in [-0.39, 0.29) is 0 Å². The molecule has 0 aromatic heterocycles. The first-order valence-corrected chi connectivity index (χ1v) is 8.51. The Labute approximate surface area is 121 Å². The van der Waals surface area contributed by atoms with Gasteiger partial charge in [0.25, 0.3) is 0 Å². The SMILES string of the molecule is CCCOc1cccc(C(CN)C2CCSCC2)c1. The van der Waals surface area contributed by atoms with Crippen LogP contribution < -0.4 is 10.5 Å². The van der Waals surface area contributed by atoms with Gasteiger partial charge in [0.1, 0.15) is 5.75 Å². The third-order valence-corrected chi connectivity index (χ3v) is 4.90. The van der Waals surface area contributed by atoms with Crippen LogP contribution in [0.3, 0.4) is 0 Å². The number of hydrogen-bond donors (Lipinski definition) is 1. The lowest BCUT2D eigenvalue weighted by Gasteiger charge is -2.29. The monoisotopic (exact) mass is 279 g/mol. The Morgan fingerprint density at radius 1 is 1.37 bits per heavy atom. The fourth-order valence-corrected chi connectivity index (χ4v) is 3.92. The van der Waals surface area contributed by atoms with Gasteiger partial charge in [0, 0.05) is 0 Å². The number of rotatable bonds is 6. The molecule has 0 spiro atoms. The van der Waals surface area contributed by atoms with Crippen molar-refractivity contribution >= 4 is 11.8 Å². The van der Waals surface area contributed by atoms with Gasteiger partial charge in [0.05, 0.1) is 6.61 Å². The minimum atomic E-state index is 0.492. The van der Waals surface area contributed by atoms with E-state index in [0.717, 1.165) is 31.2 Å². The van der Waals surface area contributed by atoms with Gasteiger partial charge in [-0.25, -0.2) is 0 Å². The average molecular weight is 279 g/mol. The largest absolute Gasteiger partial charge is 0.494 e. The molecule has 1 saturated heterocycles. The van der Waals surface area contributed by atoms with Crippen molar-refractivity contribution in [1.82, 2.24) is 0 Å². The number of ether oxygens (including phenoxy) is 1. The molecule has 0 bridgehead atoms. The van der Waals surface area contributed by atoms with E-state index in [4.69, 9.17) is 10.5 Å². The van der Waals surface area contributed by atoms with Crippen LogP contribution in [-0.4, -0.2) is 24.7 Å². The van der Waals surface area contributed by atoms with E-state index in [0.29, 0.717) is 5.92 Å². The zero-order chi connectivity index (χ0) is 13.5. The molecule has 1 aliphatic rings. The van der Waals surface area contributed by atoms with Crippen molar-refractivity contribution in [1.29, 1.82) is 0 Å². The first-order chi connectivity index (χ1) is 9.35. The van der Waals surface area contributed by atoms with Crippen molar-refractivity contribution in [2.24, 2.45) is 11.7 Å². The van der Waals surface area contributed by atoms with Crippen LogP contribution in [0.1, 0.15) is 37.7 Å². The van der Waals surface area contributed by atoms with Gasteiger partial charge in [-0.1, -0.05) is 19.1 Å². The molecular weight excluding hydrogens is 254 g/mol. The summed E-state index contributed by atoms with van der Waals surface area (Å²) in [6, 6.07) is 8.54. The summed E-state index contributed by atoms with van der Waals surface area (Å²) in [7, 11) is 0. The molecule has 106 valence electrons. The van der Waals surface area contributed by atoms with E-state index in [1.165, 1.54) is 29.9 Å². The molecule has 19 heavy (non-hydrogen) atoms. The molecular formula is C16H25NOS. The summed E-state index contributed by atoms with van der Waals surface area (Å²) in [6.07, 6.45) is 3.64. The molecule has 2 N–H and O–H groups in total. The van der Waals surface area contributed by atoms with Gasteiger partial charge < -0.3 is 10.5 Å². The Kier molecular flexibility index (Phi) is 6.05. The maximum atomic E-state index is 6.04.